The number of rotatable bonds is 5. The van der Waals surface area contributed by atoms with Gasteiger partial charge in [0.1, 0.15) is 11.6 Å². The van der Waals surface area contributed by atoms with Crippen LogP contribution in [0.25, 0.3) is 11.3 Å². The third kappa shape index (κ3) is 2.95. The Morgan fingerprint density at radius 1 is 1.15 bits per heavy atom. The van der Waals surface area contributed by atoms with E-state index in [2.05, 4.69) is 43.0 Å². The van der Waals surface area contributed by atoms with E-state index in [0.717, 1.165) is 53.4 Å². The van der Waals surface area contributed by atoms with Gasteiger partial charge in [-0.3, -0.25) is 4.98 Å². The summed E-state index contributed by atoms with van der Waals surface area (Å²) in [6, 6.07) is 2.02. The topological polar surface area (TPSA) is 50.7 Å². The molecule has 0 aliphatic carbocycles. The molecule has 0 aromatic carbocycles. The summed E-state index contributed by atoms with van der Waals surface area (Å²) in [5, 5.41) is 3.34. The predicted molar refractivity (Wildman–Crippen MR) is 82.9 cm³/mol. The Kier molecular flexibility index (Phi) is 4.66. The quantitative estimate of drug-likeness (QED) is 0.903. The molecule has 2 heterocycles. The van der Waals surface area contributed by atoms with E-state index in [-0.39, 0.29) is 0 Å². The fraction of sp³-hybridized carbons (Fsp3) is 0.438. The van der Waals surface area contributed by atoms with Crippen LogP contribution in [0, 0.1) is 13.8 Å². The van der Waals surface area contributed by atoms with Crippen molar-refractivity contribution in [1.29, 1.82) is 0 Å². The maximum atomic E-state index is 4.76. The van der Waals surface area contributed by atoms with Gasteiger partial charge < -0.3 is 5.32 Å². The Bertz CT molecular complexity index is 593. The molecule has 2 rings (SSSR count). The molecule has 0 fully saturated rings. The van der Waals surface area contributed by atoms with Crippen LogP contribution >= 0.6 is 0 Å². The molecule has 0 bridgehead atoms. The first kappa shape index (κ1) is 14.4. The highest BCUT2D eigenvalue weighted by Gasteiger charge is 2.13. The van der Waals surface area contributed by atoms with Crippen molar-refractivity contribution in [2.24, 2.45) is 0 Å². The Labute approximate surface area is 120 Å². The molecule has 1 N–H and O–H groups in total. The predicted octanol–water partition coefficient (Wildman–Crippen LogP) is 3.54. The number of hydrogen-bond acceptors (Lipinski definition) is 4. The van der Waals surface area contributed by atoms with Gasteiger partial charge in [0.05, 0.1) is 5.69 Å². The average Bonchev–Trinajstić information content (AvgIpc) is 2.44. The van der Waals surface area contributed by atoms with Gasteiger partial charge in [-0.15, -0.1) is 0 Å². The van der Waals surface area contributed by atoms with Gasteiger partial charge in [0, 0.05) is 36.5 Å². The number of nitrogens with one attached hydrogen (secondary N) is 1. The van der Waals surface area contributed by atoms with E-state index in [4.69, 9.17) is 4.98 Å². The fourth-order valence-corrected chi connectivity index (χ4v) is 2.24. The molecule has 0 aliphatic rings. The average molecular weight is 270 g/mol. The molecule has 0 unspecified atom stereocenters. The van der Waals surface area contributed by atoms with Crippen LogP contribution in [0.15, 0.2) is 18.5 Å². The van der Waals surface area contributed by atoms with Crippen molar-refractivity contribution in [3.8, 4) is 11.3 Å². The van der Waals surface area contributed by atoms with Crippen molar-refractivity contribution in [1.82, 2.24) is 15.0 Å². The van der Waals surface area contributed by atoms with E-state index in [0.29, 0.717) is 0 Å². The number of hydrogen-bond donors (Lipinski definition) is 1. The third-order valence-corrected chi connectivity index (χ3v) is 3.29. The van der Waals surface area contributed by atoms with Crippen molar-refractivity contribution in [2.45, 2.75) is 40.5 Å². The maximum absolute atomic E-state index is 4.76. The Balaban J connectivity index is 2.59. The summed E-state index contributed by atoms with van der Waals surface area (Å²) in [6.07, 6.45) is 5.64. The zero-order chi connectivity index (χ0) is 14.5. The zero-order valence-corrected chi connectivity index (χ0v) is 12.7. The van der Waals surface area contributed by atoms with Crippen molar-refractivity contribution < 1.29 is 0 Å². The van der Waals surface area contributed by atoms with Gasteiger partial charge in [0.15, 0.2) is 0 Å². The van der Waals surface area contributed by atoms with Crippen molar-refractivity contribution in [3.63, 3.8) is 0 Å². The van der Waals surface area contributed by atoms with Gasteiger partial charge in [-0.2, -0.15) is 0 Å². The van der Waals surface area contributed by atoms with Gasteiger partial charge in [-0.1, -0.05) is 6.92 Å². The number of nitrogens with zero attached hydrogens (tertiary/aromatic N) is 3. The van der Waals surface area contributed by atoms with Crippen LogP contribution in [-0.2, 0) is 6.42 Å². The fourth-order valence-electron chi connectivity index (χ4n) is 2.24. The molecule has 106 valence electrons. The van der Waals surface area contributed by atoms with Crippen LogP contribution < -0.4 is 5.32 Å². The summed E-state index contributed by atoms with van der Waals surface area (Å²) >= 11 is 0. The Morgan fingerprint density at radius 2 is 1.95 bits per heavy atom. The number of aryl methyl sites for hydroxylation is 2. The molecule has 20 heavy (non-hydrogen) atoms. The molecular weight excluding hydrogens is 248 g/mol. The minimum atomic E-state index is 0.859. The molecule has 0 saturated carbocycles. The van der Waals surface area contributed by atoms with Gasteiger partial charge in [-0.25, -0.2) is 9.97 Å². The normalized spacial score (nSPS) is 10.6. The lowest BCUT2D eigenvalue weighted by Crippen LogP contribution is -2.08. The van der Waals surface area contributed by atoms with Crippen LogP contribution in [0.3, 0.4) is 0 Å². The van der Waals surface area contributed by atoms with Crippen LogP contribution in [0.5, 0.6) is 0 Å². The smallest absolute Gasteiger partial charge is 0.133 e. The SMILES string of the molecule is CCCc1nc(NCC)c(C)c(-c2ccncc2C)n1. The standard InChI is InChI=1S/C16H22N4/c1-5-7-14-19-15(12(4)16(20-14)18-6-2)13-8-9-17-10-11(13)3/h8-10H,5-7H2,1-4H3,(H,18,19,20). The Morgan fingerprint density at radius 3 is 2.60 bits per heavy atom. The molecule has 4 nitrogen and oxygen atoms in total. The summed E-state index contributed by atoms with van der Waals surface area (Å²) in [7, 11) is 0. The summed E-state index contributed by atoms with van der Waals surface area (Å²) in [5.41, 5.74) is 4.39. The first-order chi connectivity index (χ1) is 9.67. The van der Waals surface area contributed by atoms with Gasteiger partial charge >= 0.3 is 0 Å². The van der Waals surface area contributed by atoms with E-state index in [1.54, 1.807) is 0 Å². The lowest BCUT2D eigenvalue weighted by atomic mass is 10.0. The second-order valence-electron chi connectivity index (χ2n) is 4.93. The van der Waals surface area contributed by atoms with Gasteiger partial charge in [-0.05, 0) is 38.8 Å². The third-order valence-electron chi connectivity index (χ3n) is 3.29. The van der Waals surface area contributed by atoms with Crippen LogP contribution in [-0.4, -0.2) is 21.5 Å². The monoisotopic (exact) mass is 270 g/mol. The summed E-state index contributed by atoms with van der Waals surface area (Å²) < 4.78 is 0. The second-order valence-corrected chi connectivity index (χ2v) is 4.93. The molecule has 0 aliphatic heterocycles. The molecule has 0 radical (unpaired) electrons. The Hall–Kier alpha value is -1.97. The minimum Gasteiger partial charge on any atom is -0.370 e. The molecule has 2 aromatic heterocycles. The van der Waals surface area contributed by atoms with Crippen molar-refractivity contribution in [3.05, 3.63) is 35.4 Å². The van der Waals surface area contributed by atoms with Crippen LogP contribution in [0.1, 0.15) is 37.2 Å². The van der Waals surface area contributed by atoms with Crippen LogP contribution in [0.4, 0.5) is 5.82 Å². The second kappa shape index (κ2) is 6.46. The van der Waals surface area contributed by atoms with Crippen molar-refractivity contribution >= 4 is 5.82 Å². The molecule has 0 spiro atoms. The maximum Gasteiger partial charge on any atom is 0.133 e. The highest BCUT2D eigenvalue weighted by atomic mass is 15.0. The molecule has 0 amide bonds. The molecular formula is C16H22N4. The van der Waals surface area contributed by atoms with E-state index in [1.165, 1.54) is 0 Å². The highest BCUT2D eigenvalue weighted by Crippen LogP contribution is 2.28. The molecule has 0 atom stereocenters. The van der Waals surface area contributed by atoms with E-state index >= 15 is 0 Å². The lowest BCUT2D eigenvalue weighted by Gasteiger charge is -2.14. The number of anilines is 1. The zero-order valence-electron chi connectivity index (χ0n) is 12.7. The van der Waals surface area contributed by atoms with Crippen LogP contribution in [0.2, 0.25) is 0 Å². The minimum absolute atomic E-state index is 0.859. The van der Waals surface area contributed by atoms with E-state index < -0.39 is 0 Å². The molecule has 0 saturated heterocycles. The number of pyridine rings is 1. The molecule has 2 aromatic rings. The first-order valence-corrected chi connectivity index (χ1v) is 7.19. The largest absolute Gasteiger partial charge is 0.370 e. The van der Waals surface area contributed by atoms with Crippen molar-refractivity contribution in [2.75, 3.05) is 11.9 Å². The molecule has 4 heteroatoms. The number of aromatic nitrogens is 3. The van der Waals surface area contributed by atoms with E-state index in [9.17, 15) is 0 Å². The summed E-state index contributed by atoms with van der Waals surface area (Å²) in [5.74, 6) is 1.84. The first-order valence-electron chi connectivity index (χ1n) is 7.19. The van der Waals surface area contributed by atoms with E-state index in [1.807, 2.05) is 18.5 Å². The summed E-state index contributed by atoms with van der Waals surface area (Å²) in [4.78, 5) is 13.5. The van der Waals surface area contributed by atoms with Gasteiger partial charge in [0.25, 0.3) is 0 Å². The summed E-state index contributed by atoms with van der Waals surface area (Å²) in [6.45, 7) is 9.23. The highest BCUT2D eigenvalue weighted by molar-refractivity contribution is 5.70. The lowest BCUT2D eigenvalue weighted by molar-refractivity contribution is 0.833. The van der Waals surface area contributed by atoms with Gasteiger partial charge in [0.2, 0.25) is 0 Å².